The summed E-state index contributed by atoms with van der Waals surface area (Å²) in [6.45, 7) is 2.10. The van der Waals surface area contributed by atoms with Gasteiger partial charge in [-0.3, -0.25) is 4.79 Å². The first-order chi connectivity index (χ1) is 9.46. The second kappa shape index (κ2) is 6.58. The number of aryl methyl sites for hydroxylation is 1. The van der Waals surface area contributed by atoms with Crippen molar-refractivity contribution in [2.75, 3.05) is 7.11 Å². The van der Waals surface area contributed by atoms with Gasteiger partial charge in [-0.25, -0.2) is 0 Å². The van der Waals surface area contributed by atoms with Crippen LogP contribution in [0.3, 0.4) is 0 Å². The molecule has 1 atom stereocenters. The molecule has 0 saturated heterocycles. The zero-order chi connectivity index (χ0) is 14.8. The number of rotatable bonds is 5. The average Bonchev–Trinajstić information content (AvgIpc) is 2.96. The van der Waals surface area contributed by atoms with Crippen molar-refractivity contribution < 1.29 is 9.53 Å². The monoisotopic (exact) mass is 359 g/mol. The van der Waals surface area contributed by atoms with Crippen LogP contribution in [0.25, 0.3) is 0 Å². The number of halogens is 1. The number of carbonyl (C=O) groups is 1. The van der Waals surface area contributed by atoms with Crippen LogP contribution in [-0.2, 0) is 9.53 Å². The SMILES string of the molecule is COC(=O)CC1(CC(N)c2cc(Br)sc2C)CCCC1. The summed E-state index contributed by atoms with van der Waals surface area (Å²) < 4.78 is 5.99. The van der Waals surface area contributed by atoms with Crippen LogP contribution in [0, 0.1) is 12.3 Å². The first-order valence-corrected chi connectivity index (χ1v) is 8.65. The van der Waals surface area contributed by atoms with Gasteiger partial charge in [-0.1, -0.05) is 12.8 Å². The minimum Gasteiger partial charge on any atom is -0.469 e. The Morgan fingerprint density at radius 1 is 1.55 bits per heavy atom. The van der Waals surface area contributed by atoms with E-state index >= 15 is 0 Å². The van der Waals surface area contributed by atoms with E-state index in [1.807, 2.05) is 0 Å². The highest BCUT2D eigenvalue weighted by Gasteiger charge is 2.38. The summed E-state index contributed by atoms with van der Waals surface area (Å²) in [5.74, 6) is -0.109. The number of hydrogen-bond acceptors (Lipinski definition) is 4. The molecule has 1 aromatic rings. The number of thiophene rings is 1. The number of carbonyl (C=O) groups excluding carboxylic acids is 1. The van der Waals surface area contributed by atoms with Gasteiger partial charge in [0.15, 0.2) is 0 Å². The Morgan fingerprint density at radius 3 is 2.70 bits per heavy atom. The maximum Gasteiger partial charge on any atom is 0.306 e. The van der Waals surface area contributed by atoms with Crippen LogP contribution in [-0.4, -0.2) is 13.1 Å². The third-order valence-corrected chi connectivity index (χ3v) is 5.96. The average molecular weight is 360 g/mol. The highest BCUT2D eigenvalue weighted by Crippen LogP contribution is 2.47. The molecule has 0 amide bonds. The maximum atomic E-state index is 11.7. The summed E-state index contributed by atoms with van der Waals surface area (Å²) in [5.41, 5.74) is 7.67. The Kier molecular flexibility index (Phi) is 5.26. The summed E-state index contributed by atoms with van der Waals surface area (Å²) in [6.07, 6.45) is 5.92. The molecule has 112 valence electrons. The standard InChI is InChI=1S/C15H22BrNO2S/c1-10-11(7-13(16)20-10)12(17)8-15(5-3-4-6-15)9-14(18)19-2/h7,12H,3-6,8-9,17H2,1-2H3. The molecule has 1 aliphatic carbocycles. The predicted octanol–water partition coefficient (Wildman–Crippen LogP) is 4.33. The van der Waals surface area contributed by atoms with E-state index < -0.39 is 0 Å². The lowest BCUT2D eigenvalue weighted by Gasteiger charge is -2.30. The van der Waals surface area contributed by atoms with Crippen molar-refractivity contribution in [3.8, 4) is 0 Å². The molecule has 20 heavy (non-hydrogen) atoms. The van der Waals surface area contributed by atoms with Gasteiger partial charge in [0, 0.05) is 10.9 Å². The molecule has 5 heteroatoms. The lowest BCUT2D eigenvalue weighted by Crippen LogP contribution is -2.27. The molecule has 1 aromatic heterocycles. The van der Waals surface area contributed by atoms with Gasteiger partial charge >= 0.3 is 5.97 Å². The van der Waals surface area contributed by atoms with Gasteiger partial charge in [-0.05, 0) is 59.2 Å². The molecule has 3 nitrogen and oxygen atoms in total. The maximum absolute atomic E-state index is 11.7. The van der Waals surface area contributed by atoms with Crippen molar-refractivity contribution in [1.82, 2.24) is 0 Å². The molecule has 1 heterocycles. The van der Waals surface area contributed by atoms with Crippen LogP contribution in [0.4, 0.5) is 0 Å². The third kappa shape index (κ3) is 3.62. The lowest BCUT2D eigenvalue weighted by molar-refractivity contribution is -0.143. The molecule has 0 aliphatic heterocycles. The summed E-state index contributed by atoms with van der Waals surface area (Å²) in [5, 5.41) is 0. The fourth-order valence-corrected chi connectivity index (χ4v) is 5.14. The minimum atomic E-state index is -0.109. The highest BCUT2D eigenvalue weighted by atomic mass is 79.9. The van der Waals surface area contributed by atoms with Gasteiger partial charge in [0.1, 0.15) is 0 Å². The summed E-state index contributed by atoms with van der Waals surface area (Å²) in [4.78, 5) is 13.0. The Hall–Kier alpha value is -0.390. The molecule has 1 fully saturated rings. The van der Waals surface area contributed by atoms with Crippen molar-refractivity contribution in [2.45, 2.75) is 51.5 Å². The molecule has 2 N–H and O–H groups in total. The number of hydrogen-bond donors (Lipinski definition) is 1. The van der Waals surface area contributed by atoms with E-state index in [1.165, 1.54) is 30.4 Å². The number of methoxy groups -OCH3 is 1. The summed E-state index contributed by atoms with van der Waals surface area (Å²) in [6, 6.07) is 2.12. The third-order valence-electron chi connectivity index (χ3n) is 4.39. The second-order valence-electron chi connectivity index (χ2n) is 5.83. The number of ether oxygens (including phenoxy) is 1. The molecule has 0 spiro atoms. The molecule has 1 aliphatic rings. The largest absolute Gasteiger partial charge is 0.469 e. The van der Waals surface area contributed by atoms with Gasteiger partial charge in [0.25, 0.3) is 0 Å². The lowest BCUT2D eigenvalue weighted by atomic mass is 9.76. The van der Waals surface area contributed by atoms with Crippen LogP contribution >= 0.6 is 27.3 Å². The first-order valence-electron chi connectivity index (χ1n) is 7.04. The van der Waals surface area contributed by atoms with E-state index in [0.717, 1.165) is 23.0 Å². The number of esters is 1. The molecule has 1 unspecified atom stereocenters. The zero-order valence-corrected chi connectivity index (χ0v) is 14.5. The first kappa shape index (κ1) is 16.0. The predicted molar refractivity (Wildman–Crippen MR) is 85.8 cm³/mol. The fraction of sp³-hybridized carbons (Fsp3) is 0.667. The molecule has 1 saturated carbocycles. The second-order valence-corrected chi connectivity index (χ2v) is 8.47. The van der Waals surface area contributed by atoms with E-state index in [9.17, 15) is 4.79 Å². The van der Waals surface area contributed by atoms with Gasteiger partial charge in [-0.2, -0.15) is 0 Å². The van der Waals surface area contributed by atoms with Crippen LogP contribution in [0.2, 0.25) is 0 Å². The molecule has 0 aromatic carbocycles. The topological polar surface area (TPSA) is 52.3 Å². The van der Waals surface area contributed by atoms with Crippen LogP contribution in [0.15, 0.2) is 9.85 Å². The molecular formula is C15H22BrNO2S. The van der Waals surface area contributed by atoms with Crippen LogP contribution in [0.5, 0.6) is 0 Å². The molecular weight excluding hydrogens is 338 g/mol. The van der Waals surface area contributed by atoms with Crippen molar-refractivity contribution >= 4 is 33.2 Å². The normalized spacial score (nSPS) is 19.0. The van der Waals surface area contributed by atoms with E-state index in [0.29, 0.717) is 6.42 Å². The van der Waals surface area contributed by atoms with E-state index in [1.54, 1.807) is 11.3 Å². The highest BCUT2D eigenvalue weighted by molar-refractivity contribution is 9.11. The molecule has 2 rings (SSSR count). The van der Waals surface area contributed by atoms with Crippen molar-refractivity contribution in [3.63, 3.8) is 0 Å². The number of nitrogens with two attached hydrogens (primary N) is 1. The van der Waals surface area contributed by atoms with E-state index in [4.69, 9.17) is 10.5 Å². The van der Waals surface area contributed by atoms with E-state index in [2.05, 4.69) is 28.9 Å². The Balaban J connectivity index is 2.12. The van der Waals surface area contributed by atoms with Crippen molar-refractivity contribution in [3.05, 3.63) is 20.3 Å². The Morgan fingerprint density at radius 2 is 2.20 bits per heavy atom. The Labute approximate surface area is 133 Å². The van der Waals surface area contributed by atoms with Crippen LogP contribution in [0.1, 0.15) is 55.0 Å². The minimum absolute atomic E-state index is 0.000283. The van der Waals surface area contributed by atoms with Crippen molar-refractivity contribution in [2.24, 2.45) is 11.1 Å². The van der Waals surface area contributed by atoms with Gasteiger partial charge in [0.2, 0.25) is 0 Å². The zero-order valence-electron chi connectivity index (χ0n) is 12.1. The quantitative estimate of drug-likeness (QED) is 0.795. The van der Waals surface area contributed by atoms with E-state index in [-0.39, 0.29) is 17.4 Å². The smallest absolute Gasteiger partial charge is 0.306 e. The molecule has 0 bridgehead atoms. The fourth-order valence-electron chi connectivity index (χ4n) is 3.36. The van der Waals surface area contributed by atoms with Gasteiger partial charge in [-0.15, -0.1) is 11.3 Å². The van der Waals surface area contributed by atoms with Crippen molar-refractivity contribution in [1.29, 1.82) is 0 Å². The Bertz CT molecular complexity index is 480. The van der Waals surface area contributed by atoms with Gasteiger partial charge < -0.3 is 10.5 Å². The summed E-state index contributed by atoms with van der Waals surface area (Å²) >= 11 is 5.24. The molecule has 0 radical (unpaired) electrons. The van der Waals surface area contributed by atoms with Crippen LogP contribution < -0.4 is 5.73 Å². The summed E-state index contributed by atoms with van der Waals surface area (Å²) in [7, 11) is 1.46. The van der Waals surface area contributed by atoms with Gasteiger partial charge in [0.05, 0.1) is 17.3 Å².